The number of rotatable bonds is 1. The van der Waals surface area contributed by atoms with Gasteiger partial charge in [0.05, 0.1) is 17.6 Å². The van der Waals surface area contributed by atoms with Crippen molar-refractivity contribution in [2.45, 2.75) is 31.6 Å². The lowest BCUT2D eigenvalue weighted by molar-refractivity contribution is 1.02. The van der Waals surface area contributed by atoms with Crippen LogP contribution in [-0.2, 0) is 0 Å². The fourth-order valence-electron chi connectivity index (χ4n) is 1.68. The van der Waals surface area contributed by atoms with Crippen LogP contribution in [0.2, 0.25) is 0 Å². The second kappa shape index (κ2) is 3.27. The van der Waals surface area contributed by atoms with E-state index in [-0.39, 0.29) is 0 Å². The maximum absolute atomic E-state index is 5.74. The summed E-state index contributed by atoms with van der Waals surface area (Å²) in [5.41, 5.74) is 8.69. The summed E-state index contributed by atoms with van der Waals surface area (Å²) >= 11 is 0. The van der Waals surface area contributed by atoms with Gasteiger partial charge in [0.25, 0.3) is 0 Å². The molecule has 15 heavy (non-hydrogen) atoms. The Hall–Kier alpha value is -1.49. The lowest BCUT2D eigenvalue weighted by atomic mass is 10.1. The van der Waals surface area contributed by atoms with Gasteiger partial charge in [-0.2, -0.15) is 0 Å². The summed E-state index contributed by atoms with van der Waals surface area (Å²) in [5, 5.41) is 0. The average Bonchev–Trinajstić information content (AvgIpc) is 3.08. The van der Waals surface area contributed by atoms with Crippen LogP contribution in [0.4, 0.5) is 5.69 Å². The van der Waals surface area contributed by atoms with Crippen molar-refractivity contribution in [2.75, 3.05) is 5.73 Å². The van der Waals surface area contributed by atoms with Gasteiger partial charge in [-0.25, -0.2) is 0 Å². The molecule has 1 heterocycles. The first kappa shape index (κ1) is 8.79. The van der Waals surface area contributed by atoms with E-state index in [1.165, 1.54) is 25.7 Å². The Morgan fingerprint density at radius 3 is 2.73 bits per heavy atom. The minimum atomic E-state index is 0.637. The van der Waals surface area contributed by atoms with Gasteiger partial charge >= 0.3 is 0 Å². The zero-order valence-electron chi connectivity index (χ0n) is 8.66. The van der Waals surface area contributed by atoms with E-state index in [2.05, 4.69) is 16.8 Å². The molecule has 0 aromatic carbocycles. The van der Waals surface area contributed by atoms with Crippen molar-refractivity contribution >= 4 is 5.69 Å². The summed E-state index contributed by atoms with van der Waals surface area (Å²) in [6.07, 6.45) is 6.79. The number of nitrogens with zero attached hydrogens (tertiary/aromatic N) is 1. The van der Waals surface area contributed by atoms with Crippen LogP contribution in [-0.4, -0.2) is 4.98 Å². The molecule has 0 aliphatic heterocycles. The predicted molar refractivity (Wildman–Crippen MR) is 60.2 cm³/mol. The van der Waals surface area contributed by atoms with E-state index in [1.54, 1.807) is 6.20 Å². The van der Waals surface area contributed by atoms with Crippen LogP contribution in [0.15, 0.2) is 12.3 Å². The van der Waals surface area contributed by atoms with E-state index in [4.69, 9.17) is 5.73 Å². The Morgan fingerprint density at radius 1 is 1.27 bits per heavy atom. The van der Waals surface area contributed by atoms with E-state index < -0.39 is 0 Å². The third-order valence-corrected chi connectivity index (χ3v) is 2.89. The Bertz CT molecular complexity index is 445. The quantitative estimate of drug-likeness (QED) is 0.703. The van der Waals surface area contributed by atoms with Crippen LogP contribution in [0, 0.1) is 17.8 Å². The first-order valence-electron chi connectivity index (χ1n) is 5.60. The van der Waals surface area contributed by atoms with E-state index in [0.717, 1.165) is 16.9 Å². The first-order chi connectivity index (χ1) is 7.33. The fraction of sp³-hybridized carbons (Fsp3) is 0.462. The molecule has 3 rings (SSSR count). The summed E-state index contributed by atoms with van der Waals surface area (Å²) in [4.78, 5) is 4.41. The number of nitrogens with two attached hydrogens (primary N) is 1. The molecule has 0 bridgehead atoms. The molecule has 2 heteroatoms. The summed E-state index contributed by atoms with van der Waals surface area (Å²) in [6, 6.07) is 1.97. The van der Waals surface area contributed by atoms with Crippen LogP contribution < -0.4 is 5.73 Å². The van der Waals surface area contributed by atoms with Gasteiger partial charge in [0.1, 0.15) is 0 Å². The molecule has 76 valence electrons. The van der Waals surface area contributed by atoms with Gasteiger partial charge < -0.3 is 5.73 Å². The number of hydrogen-bond donors (Lipinski definition) is 1. The number of pyridine rings is 1. The van der Waals surface area contributed by atoms with E-state index in [9.17, 15) is 0 Å². The SMILES string of the molecule is Nc1cnc(C2CC2)c(C#CC2CC2)c1. The van der Waals surface area contributed by atoms with Gasteiger partial charge in [0.15, 0.2) is 0 Å². The summed E-state index contributed by atoms with van der Waals surface area (Å²) in [6.45, 7) is 0. The molecule has 0 spiro atoms. The normalized spacial score (nSPS) is 19.5. The zero-order chi connectivity index (χ0) is 10.3. The maximum atomic E-state index is 5.74. The van der Waals surface area contributed by atoms with E-state index >= 15 is 0 Å². The summed E-state index contributed by atoms with van der Waals surface area (Å²) in [5.74, 6) is 7.81. The van der Waals surface area contributed by atoms with Gasteiger partial charge in [0.2, 0.25) is 0 Å². The molecule has 0 unspecified atom stereocenters. The van der Waals surface area contributed by atoms with Gasteiger partial charge in [0, 0.05) is 17.4 Å². The third kappa shape index (κ3) is 1.97. The second-order valence-corrected chi connectivity index (χ2v) is 4.52. The molecule has 2 fully saturated rings. The topological polar surface area (TPSA) is 38.9 Å². The van der Waals surface area contributed by atoms with Crippen LogP contribution >= 0.6 is 0 Å². The molecule has 2 nitrogen and oxygen atoms in total. The Kier molecular flexibility index (Phi) is 1.92. The fourth-order valence-corrected chi connectivity index (χ4v) is 1.68. The van der Waals surface area contributed by atoms with E-state index in [1.807, 2.05) is 6.07 Å². The molecule has 1 aromatic rings. The molecular formula is C13H14N2. The van der Waals surface area contributed by atoms with Crippen molar-refractivity contribution in [1.82, 2.24) is 4.98 Å². The van der Waals surface area contributed by atoms with Crippen molar-refractivity contribution in [2.24, 2.45) is 5.92 Å². The van der Waals surface area contributed by atoms with Gasteiger partial charge in [-0.3, -0.25) is 4.98 Å². The van der Waals surface area contributed by atoms with Crippen LogP contribution in [0.25, 0.3) is 0 Å². The maximum Gasteiger partial charge on any atom is 0.0592 e. The largest absolute Gasteiger partial charge is 0.397 e. The molecule has 0 amide bonds. The highest BCUT2D eigenvalue weighted by Gasteiger charge is 2.27. The molecule has 0 atom stereocenters. The number of aromatic nitrogens is 1. The molecule has 1 aromatic heterocycles. The Balaban J connectivity index is 1.95. The van der Waals surface area contributed by atoms with Gasteiger partial charge in [-0.1, -0.05) is 11.8 Å². The third-order valence-electron chi connectivity index (χ3n) is 2.89. The number of nitrogen functional groups attached to an aromatic ring is 1. The highest BCUT2D eigenvalue weighted by Crippen LogP contribution is 2.40. The van der Waals surface area contributed by atoms with Crippen molar-refractivity contribution in [3.05, 3.63) is 23.5 Å². The lowest BCUT2D eigenvalue weighted by Gasteiger charge is -2.02. The summed E-state index contributed by atoms with van der Waals surface area (Å²) < 4.78 is 0. The van der Waals surface area contributed by atoms with Crippen LogP contribution in [0.5, 0.6) is 0 Å². The monoisotopic (exact) mass is 198 g/mol. The molecule has 2 saturated carbocycles. The average molecular weight is 198 g/mol. The minimum absolute atomic E-state index is 0.637. The second-order valence-electron chi connectivity index (χ2n) is 4.52. The standard InChI is InChI=1S/C13H14N2/c14-12-7-11(4-3-9-1-2-9)13(15-8-12)10-5-6-10/h7-10H,1-2,5-6,14H2. The number of hydrogen-bond acceptors (Lipinski definition) is 2. The molecule has 2 aliphatic rings. The van der Waals surface area contributed by atoms with E-state index in [0.29, 0.717) is 11.8 Å². The van der Waals surface area contributed by atoms with Crippen LogP contribution in [0.1, 0.15) is 42.9 Å². The zero-order valence-corrected chi connectivity index (χ0v) is 8.66. The molecule has 2 aliphatic carbocycles. The number of anilines is 1. The minimum Gasteiger partial charge on any atom is -0.397 e. The van der Waals surface area contributed by atoms with Crippen molar-refractivity contribution < 1.29 is 0 Å². The van der Waals surface area contributed by atoms with Crippen molar-refractivity contribution in [1.29, 1.82) is 0 Å². The lowest BCUT2D eigenvalue weighted by Crippen LogP contribution is -1.95. The molecule has 0 radical (unpaired) electrons. The predicted octanol–water partition coefficient (Wildman–Crippen LogP) is 2.30. The molecule has 2 N–H and O–H groups in total. The van der Waals surface area contributed by atoms with Gasteiger partial charge in [-0.05, 0) is 31.7 Å². The van der Waals surface area contributed by atoms with Gasteiger partial charge in [-0.15, -0.1) is 0 Å². The van der Waals surface area contributed by atoms with Crippen molar-refractivity contribution in [3.8, 4) is 11.8 Å². The molecular weight excluding hydrogens is 184 g/mol. The van der Waals surface area contributed by atoms with Crippen LogP contribution in [0.3, 0.4) is 0 Å². The highest BCUT2D eigenvalue weighted by molar-refractivity contribution is 5.50. The Morgan fingerprint density at radius 2 is 2.07 bits per heavy atom. The van der Waals surface area contributed by atoms with Crippen molar-refractivity contribution in [3.63, 3.8) is 0 Å². The summed E-state index contributed by atoms with van der Waals surface area (Å²) in [7, 11) is 0. The smallest absolute Gasteiger partial charge is 0.0592 e. The Labute approximate surface area is 89.9 Å². The first-order valence-corrected chi connectivity index (χ1v) is 5.60. The highest BCUT2D eigenvalue weighted by atomic mass is 14.7. The molecule has 0 saturated heterocycles.